The second-order valence-corrected chi connectivity index (χ2v) is 2.04. The second-order valence-electron chi connectivity index (χ2n) is 2.04. The molecule has 3 heteroatoms. The van der Waals surface area contributed by atoms with Crippen LogP contribution in [0.4, 0.5) is 0 Å². The first-order valence-electron chi connectivity index (χ1n) is 3.20. The lowest BCUT2D eigenvalue weighted by Gasteiger charge is -2.08. The molecule has 1 aromatic rings. The third-order valence-electron chi connectivity index (χ3n) is 1.42. The predicted molar refractivity (Wildman–Crippen MR) is 37.6 cm³/mol. The van der Waals surface area contributed by atoms with E-state index in [9.17, 15) is 0 Å². The minimum absolute atomic E-state index is 0.0595. The fourth-order valence-electron chi connectivity index (χ4n) is 0.813. The van der Waals surface area contributed by atoms with Gasteiger partial charge in [0.1, 0.15) is 5.76 Å². The smallest absolute Gasteiger partial charge is 0.123 e. The molecule has 2 N–H and O–H groups in total. The van der Waals surface area contributed by atoms with Crippen LogP contribution in [0.2, 0.25) is 0 Å². The fourth-order valence-corrected chi connectivity index (χ4v) is 0.813. The number of aliphatic hydroxyl groups excluding tert-OH is 1. The van der Waals surface area contributed by atoms with Crippen molar-refractivity contribution in [2.24, 2.45) is 0 Å². The van der Waals surface area contributed by atoms with E-state index in [1.54, 1.807) is 19.4 Å². The minimum Gasteiger partial charge on any atom is -0.468 e. The van der Waals surface area contributed by atoms with E-state index >= 15 is 0 Å². The number of hydrogen-bond donors (Lipinski definition) is 2. The lowest BCUT2D eigenvalue weighted by molar-refractivity contribution is 0.233. The van der Waals surface area contributed by atoms with Crippen molar-refractivity contribution >= 4 is 0 Å². The highest BCUT2D eigenvalue weighted by Crippen LogP contribution is 2.10. The summed E-state index contributed by atoms with van der Waals surface area (Å²) in [6, 6.07) is 3.56. The Morgan fingerprint density at radius 2 is 2.60 bits per heavy atom. The predicted octanol–water partition coefficient (Wildman–Crippen LogP) is 0.532. The van der Waals surface area contributed by atoms with E-state index < -0.39 is 0 Å². The first-order valence-corrected chi connectivity index (χ1v) is 3.20. The van der Waals surface area contributed by atoms with Crippen LogP contribution in [0.3, 0.4) is 0 Å². The van der Waals surface area contributed by atoms with Crippen molar-refractivity contribution in [3.63, 3.8) is 0 Å². The van der Waals surface area contributed by atoms with Crippen LogP contribution in [-0.2, 0) is 0 Å². The average Bonchev–Trinajstić information content (AvgIpc) is 2.43. The van der Waals surface area contributed by atoms with Gasteiger partial charge < -0.3 is 14.8 Å². The Kier molecular flexibility index (Phi) is 2.48. The van der Waals surface area contributed by atoms with Crippen LogP contribution in [0.15, 0.2) is 22.8 Å². The fraction of sp³-hybridized carbons (Fsp3) is 0.429. The largest absolute Gasteiger partial charge is 0.468 e. The van der Waals surface area contributed by atoms with Gasteiger partial charge >= 0.3 is 0 Å². The number of rotatable bonds is 3. The quantitative estimate of drug-likeness (QED) is 0.645. The Hall–Kier alpha value is -0.800. The molecule has 0 bridgehead atoms. The van der Waals surface area contributed by atoms with Crippen LogP contribution in [0.25, 0.3) is 0 Å². The van der Waals surface area contributed by atoms with Crippen LogP contribution < -0.4 is 5.32 Å². The van der Waals surface area contributed by atoms with E-state index in [1.807, 2.05) is 6.07 Å². The molecule has 0 aliphatic rings. The van der Waals surface area contributed by atoms with Crippen LogP contribution in [0.1, 0.15) is 11.8 Å². The van der Waals surface area contributed by atoms with Gasteiger partial charge in [0.05, 0.1) is 18.9 Å². The van der Waals surface area contributed by atoms with Gasteiger partial charge in [-0.25, -0.2) is 0 Å². The maximum absolute atomic E-state index is 8.78. The summed E-state index contributed by atoms with van der Waals surface area (Å²) in [5.74, 6) is 0.769. The Balaban J connectivity index is 2.64. The minimum atomic E-state index is -0.0741. The molecule has 0 aliphatic carbocycles. The zero-order valence-electron chi connectivity index (χ0n) is 5.87. The van der Waals surface area contributed by atoms with Gasteiger partial charge in [0.25, 0.3) is 0 Å². The van der Waals surface area contributed by atoms with Gasteiger partial charge in [-0.1, -0.05) is 0 Å². The van der Waals surface area contributed by atoms with Crippen molar-refractivity contribution in [1.82, 2.24) is 5.32 Å². The number of likely N-dealkylation sites (N-methyl/N-ethyl adjacent to an activating group) is 1. The SMILES string of the molecule is CNC(CO)c1ccco1. The topological polar surface area (TPSA) is 45.4 Å². The Labute approximate surface area is 59.7 Å². The van der Waals surface area contributed by atoms with Gasteiger partial charge in [0, 0.05) is 0 Å². The van der Waals surface area contributed by atoms with Crippen LogP contribution in [0.5, 0.6) is 0 Å². The summed E-state index contributed by atoms with van der Waals surface area (Å²) in [5.41, 5.74) is 0. The van der Waals surface area contributed by atoms with Crippen molar-refractivity contribution in [1.29, 1.82) is 0 Å². The van der Waals surface area contributed by atoms with E-state index in [4.69, 9.17) is 9.52 Å². The summed E-state index contributed by atoms with van der Waals surface area (Å²) in [5, 5.41) is 11.7. The molecule has 0 radical (unpaired) electrons. The lowest BCUT2D eigenvalue weighted by Crippen LogP contribution is -2.19. The number of nitrogens with one attached hydrogen (secondary N) is 1. The number of furan rings is 1. The monoisotopic (exact) mass is 141 g/mol. The van der Waals surface area contributed by atoms with E-state index in [1.165, 1.54) is 0 Å². The molecule has 0 saturated carbocycles. The summed E-state index contributed by atoms with van der Waals surface area (Å²) in [4.78, 5) is 0. The number of hydrogen-bond acceptors (Lipinski definition) is 3. The van der Waals surface area contributed by atoms with Crippen molar-refractivity contribution in [3.05, 3.63) is 24.2 Å². The third-order valence-corrected chi connectivity index (χ3v) is 1.42. The highest BCUT2D eigenvalue weighted by molar-refractivity contribution is 5.03. The molecule has 0 fully saturated rings. The molecule has 10 heavy (non-hydrogen) atoms. The molecule has 1 unspecified atom stereocenters. The first-order chi connectivity index (χ1) is 4.88. The summed E-state index contributed by atoms with van der Waals surface area (Å²) in [7, 11) is 1.78. The Morgan fingerprint density at radius 1 is 1.80 bits per heavy atom. The molecule has 1 rings (SSSR count). The molecule has 3 nitrogen and oxygen atoms in total. The number of aliphatic hydroxyl groups is 1. The van der Waals surface area contributed by atoms with Crippen LogP contribution in [0, 0.1) is 0 Å². The zero-order chi connectivity index (χ0) is 7.40. The van der Waals surface area contributed by atoms with Gasteiger partial charge in [-0.2, -0.15) is 0 Å². The first kappa shape index (κ1) is 7.31. The van der Waals surface area contributed by atoms with Crippen molar-refractivity contribution in [2.75, 3.05) is 13.7 Å². The molecule has 1 aromatic heterocycles. The second kappa shape index (κ2) is 3.39. The molecule has 1 heterocycles. The molecule has 56 valence electrons. The molecule has 0 aromatic carbocycles. The molecular formula is C7H11NO2. The summed E-state index contributed by atoms with van der Waals surface area (Å²) in [6.07, 6.45) is 1.59. The zero-order valence-corrected chi connectivity index (χ0v) is 5.87. The van der Waals surface area contributed by atoms with Crippen LogP contribution >= 0.6 is 0 Å². The van der Waals surface area contributed by atoms with Crippen molar-refractivity contribution < 1.29 is 9.52 Å². The molecule has 0 amide bonds. The summed E-state index contributed by atoms with van der Waals surface area (Å²) >= 11 is 0. The van der Waals surface area contributed by atoms with Gasteiger partial charge in [0.15, 0.2) is 0 Å². The lowest BCUT2D eigenvalue weighted by atomic mass is 10.2. The molecule has 0 aliphatic heterocycles. The Morgan fingerprint density at radius 3 is 3.00 bits per heavy atom. The highest BCUT2D eigenvalue weighted by atomic mass is 16.3. The average molecular weight is 141 g/mol. The summed E-state index contributed by atoms with van der Waals surface area (Å²) in [6.45, 7) is 0.0595. The van der Waals surface area contributed by atoms with Gasteiger partial charge in [-0.3, -0.25) is 0 Å². The van der Waals surface area contributed by atoms with Gasteiger partial charge in [-0.15, -0.1) is 0 Å². The molecule has 0 saturated heterocycles. The molecular weight excluding hydrogens is 130 g/mol. The van der Waals surface area contributed by atoms with Crippen molar-refractivity contribution in [3.8, 4) is 0 Å². The van der Waals surface area contributed by atoms with E-state index in [-0.39, 0.29) is 12.6 Å². The highest BCUT2D eigenvalue weighted by Gasteiger charge is 2.08. The van der Waals surface area contributed by atoms with Crippen molar-refractivity contribution in [2.45, 2.75) is 6.04 Å². The van der Waals surface area contributed by atoms with E-state index in [0.717, 1.165) is 5.76 Å². The van der Waals surface area contributed by atoms with E-state index in [2.05, 4.69) is 5.32 Å². The summed E-state index contributed by atoms with van der Waals surface area (Å²) < 4.78 is 5.05. The van der Waals surface area contributed by atoms with Crippen LogP contribution in [-0.4, -0.2) is 18.8 Å². The van der Waals surface area contributed by atoms with Gasteiger partial charge in [-0.05, 0) is 19.2 Å². The van der Waals surface area contributed by atoms with Gasteiger partial charge in [0.2, 0.25) is 0 Å². The normalized spacial score (nSPS) is 13.4. The standard InChI is InChI=1S/C7H11NO2/c1-8-6(5-9)7-3-2-4-10-7/h2-4,6,8-9H,5H2,1H3. The maximum Gasteiger partial charge on any atom is 0.123 e. The van der Waals surface area contributed by atoms with E-state index in [0.29, 0.717) is 0 Å². The Bertz CT molecular complexity index is 168. The molecule has 1 atom stereocenters. The third kappa shape index (κ3) is 1.37. The maximum atomic E-state index is 8.78. The molecule has 0 spiro atoms.